The minimum Gasteiger partial charge on any atom is -0.478 e. The number of carboxylic acids is 2. The van der Waals surface area contributed by atoms with Gasteiger partial charge >= 0.3 is 11.9 Å². The topological polar surface area (TPSA) is 272 Å². The molecule has 2 fully saturated rings. The number of nitrogens with zero attached hydrogens (tertiary/aromatic N) is 4. The van der Waals surface area contributed by atoms with Gasteiger partial charge in [0.05, 0.1) is 25.3 Å². The summed E-state index contributed by atoms with van der Waals surface area (Å²) in [5, 5.41) is 43.4. The highest BCUT2D eigenvalue weighted by Crippen LogP contribution is 2.32. The van der Waals surface area contributed by atoms with Crippen molar-refractivity contribution in [3.8, 4) is 0 Å². The van der Waals surface area contributed by atoms with Gasteiger partial charge in [0.2, 0.25) is 23.6 Å². The van der Waals surface area contributed by atoms with E-state index in [1.54, 1.807) is 21.9 Å². The summed E-state index contributed by atoms with van der Waals surface area (Å²) in [4.78, 5) is 77.9. The highest BCUT2D eigenvalue weighted by Gasteiger charge is 2.42. The number of nitrogens with one attached hydrogen (secondary N) is 2. The fourth-order valence-electron chi connectivity index (χ4n) is 8.98. The summed E-state index contributed by atoms with van der Waals surface area (Å²) in [6.07, 6.45) is -0.156. The van der Waals surface area contributed by atoms with Crippen LogP contribution in [0.25, 0.3) is 0 Å². The van der Waals surface area contributed by atoms with Crippen molar-refractivity contribution in [1.82, 2.24) is 20.4 Å². The Labute approximate surface area is 462 Å². The quantitative estimate of drug-likeness (QED) is 0.0722. The van der Waals surface area contributed by atoms with Crippen LogP contribution in [0.1, 0.15) is 121 Å². The number of benzene rings is 2. The van der Waals surface area contributed by atoms with E-state index in [0.29, 0.717) is 62.8 Å². The second kappa shape index (κ2) is 29.2. The van der Waals surface area contributed by atoms with Crippen LogP contribution in [0.2, 0.25) is 0 Å². The van der Waals surface area contributed by atoms with Crippen LogP contribution in [-0.2, 0) is 28.8 Å². The molecule has 2 aliphatic heterocycles. The number of piperazine rings is 2. The van der Waals surface area contributed by atoms with Crippen molar-refractivity contribution in [3.63, 3.8) is 0 Å². The summed E-state index contributed by atoms with van der Waals surface area (Å²) >= 11 is 0. The Morgan fingerprint density at radius 2 is 0.936 bits per heavy atom. The first-order chi connectivity index (χ1) is 35.7. The Morgan fingerprint density at radius 3 is 1.21 bits per heavy atom. The first-order valence-electron chi connectivity index (χ1n) is 26.9. The molecule has 440 valence electrons. The first-order valence-corrected chi connectivity index (χ1v) is 26.9. The van der Waals surface area contributed by atoms with Crippen molar-refractivity contribution < 1.29 is 58.0 Å². The zero-order valence-corrected chi connectivity index (χ0v) is 49.2. The molecule has 2 heterocycles. The van der Waals surface area contributed by atoms with Crippen LogP contribution < -0.4 is 31.9 Å². The fraction of sp³-hybridized carbons (Fsp3) is 0.655. The molecule has 78 heavy (non-hydrogen) atoms. The van der Waals surface area contributed by atoms with Crippen LogP contribution >= 0.6 is 0 Å². The number of aliphatic carboxylic acids is 2. The third kappa shape index (κ3) is 22.4. The Bertz CT molecular complexity index is 2220. The van der Waals surface area contributed by atoms with Gasteiger partial charge < -0.3 is 52.3 Å². The molecule has 18 nitrogen and oxygen atoms in total. The average molecular weight is 1100 g/mol. The molecule has 0 radical (unpaired) electrons. The smallest absolute Gasteiger partial charge is 0.328 e. The number of amides is 4. The number of rotatable bonds is 20. The average Bonchev–Trinajstić information content (AvgIpc) is 3.31. The predicted octanol–water partition coefficient (Wildman–Crippen LogP) is 5.86. The monoisotopic (exact) mass is 1100 g/mol. The lowest BCUT2D eigenvalue weighted by atomic mass is 9.86. The molecule has 4 amide bonds. The Morgan fingerprint density at radius 1 is 0.628 bits per heavy atom. The van der Waals surface area contributed by atoms with Crippen molar-refractivity contribution in [2.75, 3.05) is 62.2 Å². The van der Waals surface area contributed by atoms with Gasteiger partial charge in [-0.2, -0.15) is 0 Å². The number of carboxylic acid groups (broad SMARTS) is 2. The zero-order chi connectivity index (χ0) is 60.0. The maximum absolute atomic E-state index is 13.9. The van der Waals surface area contributed by atoms with E-state index in [1.807, 2.05) is 79.0 Å². The maximum Gasteiger partial charge on any atom is 0.328 e. The Kier molecular flexibility index (Phi) is 25.7. The van der Waals surface area contributed by atoms with Crippen LogP contribution in [0, 0.1) is 60.0 Å². The number of aryl methyl sites for hydroxylation is 2. The molecule has 0 bridgehead atoms. The molecule has 0 saturated carbocycles. The third-order valence-electron chi connectivity index (χ3n) is 14.1. The van der Waals surface area contributed by atoms with Gasteiger partial charge in [0.1, 0.15) is 11.6 Å². The molecule has 2 saturated heterocycles. The normalized spacial score (nSPS) is 18.5. The van der Waals surface area contributed by atoms with Crippen LogP contribution in [0.5, 0.6) is 0 Å². The van der Waals surface area contributed by atoms with Gasteiger partial charge in [-0.25, -0.2) is 18.4 Å². The van der Waals surface area contributed by atoms with Crippen molar-refractivity contribution in [2.24, 2.45) is 46.0 Å². The van der Waals surface area contributed by atoms with Crippen LogP contribution in [-0.4, -0.2) is 154 Å². The molecule has 6 atom stereocenters. The maximum atomic E-state index is 13.9. The second-order valence-electron chi connectivity index (χ2n) is 25.4. The van der Waals surface area contributed by atoms with Gasteiger partial charge in [-0.05, 0) is 112 Å². The molecule has 0 spiro atoms. The minimum atomic E-state index is -1.26. The van der Waals surface area contributed by atoms with E-state index in [-0.39, 0.29) is 95.7 Å². The third-order valence-corrected chi connectivity index (χ3v) is 14.1. The van der Waals surface area contributed by atoms with E-state index in [2.05, 4.69) is 52.2 Å². The van der Waals surface area contributed by atoms with E-state index >= 15 is 0 Å². The fourth-order valence-corrected chi connectivity index (χ4v) is 8.98. The minimum absolute atomic E-state index is 0.0312. The number of carbonyl (C=O) groups is 6. The van der Waals surface area contributed by atoms with Gasteiger partial charge in [-0.3, -0.25) is 29.0 Å². The zero-order valence-electron chi connectivity index (χ0n) is 49.2. The van der Waals surface area contributed by atoms with E-state index in [9.17, 15) is 47.8 Å². The summed E-state index contributed by atoms with van der Waals surface area (Å²) in [5.41, 5.74) is 14.7. The van der Waals surface area contributed by atoms with Crippen LogP contribution in [0.15, 0.2) is 48.6 Å². The second-order valence-corrected chi connectivity index (χ2v) is 25.4. The van der Waals surface area contributed by atoms with Gasteiger partial charge in [0.25, 0.3) is 0 Å². The number of aliphatic hydroxyl groups is 2. The number of anilines is 2. The summed E-state index contributed by atoms with van der Waals surface area (Å²) < 4.78 is 27.7. The highest BCUT2D eigenvalue weighted by molar-refractivity contribution is 5.97. The molecule has 2 aliphatic rings. The van der Waals surface area contributed by atoms with Gasteiger partial charge in [0.15, 0.2) is 0 Å². The van der Waals surface area contributed by atoms with Crippen molar-refractivity contribution >= 4 is 46.9 Å². The summed E-state index contributed by atoms with van der Waals surface area (Å²) in [6, 6.07) is 7.66. The number of nitrogens with two attached hydrogens (primary N) is 2. The molecule has 20 heteroatoms. The van der Waals surface area contributed by atoms with Crippen LogP contribution in [0.3, 0.4) is 0 Å². The van der Waals surface area contributed by atoms with Gasteiger partial charge in [-0.1, -0.05) is 81.4 Å². The molecule has 0 aromatic heterocycles. The number of hydrogen-bond acceptors (Lipinski definition) is 12. The van der Waals surface area contributed by atoms with Gasteiger partial charge in [0, 0.05) is 97.8 Å². The number of aliphatic hydroxyl groups excluding tert-OH is 2. The summed E-state index contributed by atoms with van der Waals surface area (Å²) in [6.45, 7) is 34.7. The number of carbonyl (C=O) groups excluding carboxylic acids is 4. The first kappa shape index (κ1) is 68.7. The summed E-state index contributed by atoms with van der Waals surface area (Å²) in [7, 11) is 0. The molecule has 2 aromatic rings. The van der Waals surface area contributed by atoms with Crippen LogP contribution in [0.4, 0.5) is 20.2 Å². The molecule has 4 rings (SSSR count). The van der Waals surface area contributed by atoms with Gasteiger partial charge in [-0.15, -0.1) is 0 Å². The standard InChI is InChI=1S/2C27H45FN4O3.C4H4O4/c2*1-17(2)20(25(35)30-15-26(4,5)6)12-23(33)21(29)13-31-14-24(34)32(16-27(31,7)8)22-11-19(28)10-9-18(22)3;5-3(6)1-2-4(7)8/h2*9-11,17,20-21,23,33H,12-16,29H2,1-8H3,(H,30,35);1-2H,(H,5,6)(H,7,8)/b;;2-1+/t2*20-,21-,23-;/m00./s1. The number of hydrogen-bond donors (Lipinski definition) is 8. The van der Waals surface area contributed by atoms with Crippen molar-refractivity contribution in [2.45, 2.75) is 159 Å². The molecule has 2 aromatic carbocycles. The lowest BCUT2D eigenvalue weighted by Crippen LogP contribution is -2.64. The molecular weight excluding hydrogens is 1010 g/mol. The Balaban J connectivity index is 0.000000467. The molecular formula is C58H94F2N8O10. The lowest BCUT2D eigenvalue weighted by Gasteiger charge is -2.48. The summed E-state index contributed by atoms with van der Waals surface area (Å²) in [5.74, 6) is -4.32. The molecule has 10 N–H and O–H groups in total. The van der Waals surface area contributed by atoms with Crippen molar-refractivity contribution in [3.05, 3.63) is 71.3 Å². The van der Waals surface area contributed by atoms with Crippen molar-refractivity contribution in [1.29, 1.82) is 0 Å². The highest BCUT2D eigenvalue weighted by atomic mass is 19.1. The predicted molar refractivity (Wildman–Crippen MR) is 301 cm³/mol. The van der Waals surface area contributed by atoms with E-state index < -0.39 is 47.3 Å². The lowest BCUT2D eigenvalue weighted by molar-refractivity contribution is -0.134. The van der Waals surface area contributed by atoms with E-state index in [1.165, 1.54) is 24.3 Å². The SMILES string of the molecule is Cc1ccc(F)cc1N1CC(C)(C)N(C[C@H](N)[C@@H](O)C[C@H](C(=O)NCC(C)(C)C)C(C)C)CC1=O.Cc1ccc(F)cc1N1CC(C)(C)N(C[C@H](N)[C@@H](O)C[C@H](C(=O)NCC(C)(C)C)C(C)C)CC1=O.O=C(O)/C=C/C(=O)O. The molecule has 0 unspecified atom stereocenters. The number of halogens is 2. The molecule has 0 aliphatic carbocycles. The van der Waals surface area contributed by atoms with E-state index in [4.69, 9.17) is 21.7 Å². The largest absolute Gasteiger partial charge is 0.478 e. The Hall–Kier alpha value is -5.38. The van der Waals surface area contributed by atoms with E-state index in [0.717, 1.165) is 11.1 Å².